The fourth-order valence-corrected chi connectivity index (χ4v) is 3.80. The van der Waals surface area contributed by atoms with Crippen LogP contribution in [0, 0.1) is 0 Å². The molecule has 0 aliphatic rings. The number of phenols is 1. The quantitative estimate of drug-likeness (QED) is 0.598. The van der Waals surface area contributed by atoms with Gasteiger partial charge in [-0.05, 0) is 35.9 Å². The third-order valence-electron chi connectivity index (χ3n) is 3.71. The summed E-state index contributed by atoms with van der Waals surface area (Å²) in [7, 11) is 1.44. The minimum atomic E-state index is -0.133. The number of rotatable bonds is 2. The number of halogens is 1. The molecule has 0 aliphatic carbocycles. The largest absolute Gasteiger partial charge is 0.503 e. The smallest absolute Gasteiger partial charge is 0.274 e. The van der Waals surface area contributed by atoms with E-state index >= 15 is 0 Å². The molecule has 24 heavy (non-hydrogen) atoms. The number of fused-ring (bicyclic) bond motifs is 3. The van der Waals surface area contributed by atoms with Crippen LogP contribution < -0.4 is 14.8 Å². The molecule has 5 nitrogen and oxygen atoms in total. The van der Waals surface area contributed by atoms with Crippen LogP contribution in [0.3, 0.4) is 0 Å². The number of ether oxygens (including phenoxy) is 1. The van der Waals surface area contributed by atoms with Crippen molar-refractivity contribution in [2.24, 2.45) is 0 Å². The lowest BCUT2D eigenvalue weighted by Crippen LogP contribution is -2.22. The van der Waals surface area contributed by atoms with Crippen LogP contribution in [-0.4, -0.2) is 21.6 Å². The molecule has 0 aliphatic heterocycles. The molecule has 1 N–H and O–H groups in total. The third-order valence-corrected chi connectivity index (χ3v) is 4.97. The van der Waals surface area contributed by atoms with Crippen LogP contribution in [0.5, 0.6) is 11.5 Å². The molecule has 0 saturated carbocycles. The number of methoxy groups -OCH3 is 1. The Morgan fingerprint density at radius 3 is 2.92 bits per heavy atom. The van der Waals surface area contributed by atoms with Crippen LogP contribution in [0.15, 0.2) is 41.2 Å². The molecule has 7 heteroatoms. The molecular formula is C17H11ClN2O3S. The zero-order valence-corrected chi connectivity index (χ0v) is 14.1. The number of nitrogens with zero attached hydrogens (tertiary/aromatic N) is 2. The maximum absolute atomic E-state index is 12.7. The highest BCUT2D eigenvalue weighted by Crippen LogP contribution is 2.35. The van der Waals surface area contributed by atoms with Gasteiger partial charge in [-0.2, -0.15) is 0 Å². The van der Waals surface area contributed by atoms with E-state index in [0.29, 0.717) is 15.1 Å². The molecule has 0 bridgehead atoms. The Kier molecular flexibility index (Phi) is 3.44. The number of thiazole rings is 1. The van der Waals surface area contributed by atoms with E-state index in [9.17, 15) is 9.90 Å². The average molecular weight is 359 g/mol. The van der Waals surface area contributed by atoms with Crippen LogP contribution in [0.1, 0.15) is 5.56 Å². The molecule has 0 amide bonds. The lowest BCUT2D eigenvalue weighted by atomic mass is 10.2. The van der Waals surface area contributed by atoms with E-state index in [1.54, 1.807) is 22.6 Å². The number of aromatic hydroxyl groups is 1. The summed E-state index contributed by atoms with van der Waals surface area (Å²) in [6.07, 6.45) is 1.71. The number of hydrogen-bond donors (Lipinski definition) is 1. The Morgan fingerprint density at radius 1 is 1.33 bits per heavy atom. The predicted molar refractivity (Wildman–Crippen MR) is 95.3 cm³/mol. The van der Waals surface area contributed by atoms with E-state index in [0.717, 1.165) is 11.0 Å². The van der Waals surface area contributed by atoms with E-state index in [1.165, 1.54) is 18.4 Å². The first-order valence-corrected chi connectivity index (χ1v) is 8.26. The summed E-state index contributed by atoms with van der Waals surface area (Å²) in [4.78, 5) is 17.8. The van der Waals surface area contributed by atoms with E-state index in [-0.39, 0.29) is 22.1 Å². The molecule has 0 atom stereocenters. The Morgan fingerprint density at radius 2 is 2.12 bits per heavy atom. The van der Waals surface area contributed by atoms with Crippen LogP contribution in [0.25, 0.3) is 22.1 Å². The van der Waals surface area contributed by atoms with Gasteiger partial charge in [-0.15, -0.1) is 0 Å². The summed E-state index contributed by atoms with van der Waals surface area (Å²) in [6, 6.07) is 10.7. The van der Waals surface area contributed by atoms with Gasteiger partial charge in [-0.1, -0.05) is 35.1 Å². The van der Waals surface area contributed by atoms with Crippen molar-refractivity contribution >= 4 is 45.0 Å². The first-order valence-electron chi connectivity index (χ1n) is 7.06. The summed E-state index contributed by atoms with van der Waals surface area (Å²) < 4.78 is 7.23. The van der Waals surface area contributed by atoms with Crippen LogP contribution in [0.2, 0.25) is 5.02 Å². The number of aromatic nitrogens is 2. The first kappa shape index (κ1) is 15.0. The molecule has 0 spiro atoms. The second-order valence-corrected chi connectivity index (χ2v) is 6.60. The summed E-state index contributed by atoms with van der Waals surface area (Å²) in [5.74, 6) is 0.138. The average Bonchev–Trinajstić information content (AvgIpc) is 3.07. The van der Waals surface area contributed by atoms with Gasteiger partial charge in [-0.3, -0.25) is 4.79 Å². The summed E-state index contributed by atoms with van der Waals surface area (Å²) in [6.45, 7) is 0. The number of benzene rings is 2. The highest BCUT2D eigenvalue weighted by atomic mass is 35.5. The fraction of sp³-hybridized carbons (Fsp3) is 0.0588. The van der Waals surface area contributed by atoms with Crippen LogP contribution in [-0.2, 0) is 0 Å². The van der Waals surface area contributed by atoms with E-state index in [4.69, 9.17) is 16.3 Å². The molecule has 120 valence electrons. The van der Waals surface area contributed by atoms with Gasteiger partial charge in [0.15, 0.2) is 16.5 Å². The van der Waals surface area contributed by atoms with Gasteiger partial charge in [0.2, 0.25) is 0 Å². The topological polar surface area (TPSA) is 63.8 Å². The zero-order valence-electron chi connectivity index (χ0n) is 12.5. The summed E-state index contributed by atoms with van der Waals surface area (Å²) >= 11 is 7.30. The predicted octanol–water partition coefficient (Wildman–Crippen LogP) is 2.82. The van der Waals surface area contributed by atoms with Crippen molar-refractivity contribution in [2.45, 2.75) is 0 Å². The monoisotopic (exact) mass is 358 g/mol. The SMILES string of the molecule is COc1cc(/C=c2/sc3nc4ccccc4n3c2=O)cc(Cl)c1O. The minimum Gasteiger partial charge on any atom is -0.503 e. The van der Waals surface area contributed by atoms with E-state index < -0.39 is 0 Å². The van der Waals surface area contributed by atoms with Crippen molar-refractivity contribution in [3.63, 3.8) is 0 Å². The lowest BCUT2D eigenvalue weighted by molar-refractivity contribution is 0.373. The highest BCUT2D eigenvalue weighted by molar-refractivity contribution is 7.15. The number of para-hydroxylation sites is 2. The molecule has 0 radical (unpaired) electrons. The van der Waals surface area contributed by atoms with E-state index in [1.807, 2.05) is 24.3 Å². The Hall–Kier alpha value is -2.57. The van der Waals surface area contributed by atoms with Gasteiger partial charge < -0.3 is 9.84 Å². The molecule has 4 rings (SSSR count). The fourth-order valence-electron chi connectivity index (χ4n) is 2.60. The van der Waals surface area contributed by atoms with Crippen molar-refractivity contribution in [1.82, 2.24) is 9.38 Å². The van der Waals surface area contributed by atoms with Crippen molar-refractivity contribution in [1.29, 1.82) is 0 Å². The highest BCUT2D eigenvalue weighted by Gasteiger charge is 2.12. The minimum absolute atomic E-state index is 0.120. The van der Waals surface area contributed by atoms with Gasteiger partial charge in [0, 0.05) is 0 Å². The lowest BCUT2D eigenvalue weighted by Gasteiger charge is -2.05. The Balaban J connectivity index is 1.97. The summed E-state index contributed by atoms with van der Waals surface area (Å²) in [5.41, 5.74) is 2.11. The van der Waals surface area contributed by atoms with Gasteiger partial charge in [0.05, 0.1) is 27.7 Å². The van der Waals surface area contributed by atoms with E-state index in [2.05, 4.69) is 4.98 Å². The number of imidazole rings is 1. The molecule has 0 unspecified atom stereocenters. The number of phenolic OH excluding ortho intramolecular Hbond substituents is 1. The molecular weight excluding hydrogens is 348 g/mol. The molecule has 0 saturated heterocycles. The second kappa shape index (κ2) is 5.51. The molecule has 0 fully saturated rings. The van der Waals surface area contributed by atoms with Gasteiger partial charge >= 0.3 is 0 Å². The van der Waals surface area contributed by atoms with Crippen molar-refractivity contribution in [3.05, 3.63) is 61.9 Å². The maximum Gasteiger partial charge on any atom is 0.274 e. The second-order valence-electron chi connectivity index (χ2n) is 5.19. The van der Waals surface area contributed by atoms with Gasteiger partial charge in [-0.25, -0.2) is 9.38 Å². The molecule has 2 aromatic heterocycles. The molecule has 2 aromatic carbocycles. The number of hydrogen-bond acceptors (Lipinski definition) is 5. The summed E-state index contributed by atoms with van der Waals surface area (Å²) in [5, 5.41) is 9.96. The van der Waals surface area contributed by atoms with Crippen molar-refractivity contribution in [2.75, 3.05) is 7.11 Å². The molecule has 4 aromatic rings. The normalized spacial score (nSPS) is 12.3. The third kappa shape index (κ3) is 2.23. The Labute approximate surface area is 145 Å². The zero-order chi connectivity index (χ0) is 16.8. The van der Waals surface area contributed by atoms with Crippen molar-refractivity contribution < 1.29 is 9.84 Å². The standard InChI is InChI=1S/C17H11ClN2O3S/c1-23-13-7-9(6-10(18)15(13)21)8-14-16(22)20-12-5-3-2-4-11(12)19-17(20)24-14/h2-8,21H,1H3/b14-8+. The Bertz CT molecular complexity index is 1200. The first-order chi connectivity index (χ1) is 11.6. The van der Waals surface area contributed by atoms with Gasteiger partial charge in [0.1, 0.15) is 0 Å². The van der Waals surface area contributed by atoms with Crippen LogP contribution >= 0.6 is 22.9 Å². The maximum atomic E-state index is 12.7. The molecule has 2 heterocycles. The van der Waals surface area contributed by atoms with Gasteiger partial charge in [0.25, 0.3) is 5.56 Å². The van der Waals surface area contributed by atoms with Crippen LogP contribution in [0.4, 0.5) is 0 Å². The van der Waals surface area contributed by atoms with Crippen molar-refractivity contribution in [3.8, 4) is 11.5 Å².